The minimum absolute atomic E-state index is 0.0101. The van der Waals surface area contributed by atoms with Gasteiger partial charge in [-0.15, -0.1) is 0 Å². The SMILES string of the molecule is COc1cc(C)c(C)cc1CN(C)C(C)(C)CN. The van der Waals surface area contributed by atoms with Gasteiger partial charge in [-0.2, -0.15) is 0 Å². The van der Waals surface area contributed by atoms with Crippen LogP contribution in [0.3, 0.4) is 0 Å². The van der Waals surface area contributed by atoms with Crippen molar-refractivity contribution in [3.8, 4) is 5.75 Å². The molecule has 0 aliphatic heterocycles. The van der Waals surface area contributed by atoms with Crippen molar-refractivity contribution in [1.29, 1.82) is 0 Å². The van der Waals surface area contributed by atoms with E-state index >= 15 is 0 Å². The molecule has 0 amide bonds. The molecule has 0 saturated heterocycles. The largest absolute Gasteiger partial charge is 0.496 e. The molecule has 2 N–H and O–H groups in total. The molecule has 3 nitrogen and oxygen atoms in total. The highest BCUT2D eigenvalue weighted by atomic mass is 16.5. The zero-order valence-corrected chi connectivity index (χ0v) is 12.5. The van der Waals surface area contributed by atoms with E-state index in [4.69, 9.17) is 10.5 Å². The molecule has 0 aliphatic carbocycles. The number of nitrogens with two attached hydrogens (primary N) is 1. The number of nitrogens with zero attached hydrogens (tertiary/aromatic N) is 1. The van der Waals surface area contributed by atoms with Crippen molar-refractivity contribution in [2.24, 2.45) is 5.73 Å². The van der Waals surface area contributed by atoms with Crippen LogP contribution in [0.2, 0.25) is 0 Å². The third-order valence-corrected chi connectivity index (χ3v) is 3.84. The molecule has 1 rings (SSSR count). The first-order valence-corrected chi connectivity index (χ1v) is 6.37. The first kappa shape index (κ1) is 15.0. The van der Waals surface area contributed by atoms with Crippen LogP contribution in [0, 0.1) is 13.8 Å². The van der Waals surface area contributed by atoms with Crippen LogP contribution in [0.25, 0.3) is 0 Å². The summed E-state index contributed by atoms with van der Waals surface area (Å²) < 4.78 is 5.47. The number of ether oxygens (including phenoxy) is 1. The Balaban J connectivity index is 3.00. The summed E-state index contributed by atoms with van der Waals surface area (Å²) in [4.78, 5) is 2.26. The molecule has 0 aliphatic rings. The molecular weight excluding hydrogens is 224 g/mol. The predicted molar refractivity (Wildman–Crippen MR) is 77.1 cm³/mol. The van der Waals surface area contributed by atoms with E-state index in [2.05, 4.69) is 51.8 Å². The second-order valence-corrected chi connectivity index (χ2v) is 5.62. The van der Waals surface area contributed by atoms with Crippen molar-refractivity contribution in [2.45, 2.75) is 39.8 Å². The highest BCUT2D eigenvalue weighted by Crippen LogP contribution is 2.26. The molecule has 0 bridgehead atoms. The number of aryl methyl sites for hydroxylation is 2. The number of methoxy groups -OCH3 is 1. The Morgan fingerprint density at radius 2 is 1.78 bits per heavy atom. The number of benzene rings is 1. The predicted octanol–water partition coefficient (Wildman–Crippen LogP) is 2.48. The van der Waals surface area contributed by atoms with Gasteiger partial charge in [0.05, 0.1) is 7.11 Å². The molecular formula is C15H26N2O. The van der Waals surface area contributed by atoms with Crippen molar-refractivity contribution in [1.82, 2.24) is 4.90 Å². The molecule has 18 heavy (non-hydrogen) atoms. The van der Waals surface area contributed by atoms with Crippen LogP contribution in [0.4, 0.5) is 0 Å². The Kier molecular flexibility index (Phi) is 4.77. The molecule has 0 unspecified atom stereocenters. The van der Waals surface area contributed by atoms with Gasteiger partial charge in [0.1, 0.15) is 5.75 Å². The van der Waals surface area contributed by atoms with Crippen LogP contribution in [0.1, 0.15) is 30.5 Å². The summed E-state index contributed by atoms with van der Waals surface area (Å²) in [5.74, 6) is 0.956. The highest BCUT2D eigenvalue weighted by molar-refractivity contribution is 5.41. The third kappa shape index (κ3) is 3.24. The fraction of sp³-hybridized carbons (Fsp3) is 0.600. The van der Waals surface area contributed by atoms with Crippen molar-refractivity contribution in [3.05, 3.63) is 28.8 Å². The number of rotatable bonds is 5. The van der Waals surface area contributed by atoms with Crippen molar-refractivity contribution in [2.75, 3.05) is 20.7 Å². The van der Waals surface area contributed by atoms with E-state index in [-0.39, 0.29) is 5.54 Å². The third-order valence-electron chi connectivity index (χ3n) is 3.84. The molecule has 102 valence electrons. The van der Waals surface area contributed by atoms with Gasteiger partial charge in [-0.1, -0.05) is 6.07 Å². The lowest BCUT2D eigenvalue weighted by Gasteiger charge is -2.35. The van der Waals surface area contributed by atoms with E-state index in [0.29, 0.717) is 6.54 Å². The monoisotopic (exact) mass is 250 g/mol. The Hall–Kier alpha value is -1.06. The van der Waals surface area contributed by atoms with Crippen LogP contribution in [-0.4, -0.2) is 31.1 Å². The van der Waals surface area contributed by atoms with Gasteiger partial charge in [-0.3, -0.25) is 4.90 Å². The summed E-state index contributed by atoms with van der Waals surface area (Å²) in [6.45, 7) is 10.0. The normalized spacial score (nSPS) is 12.0. The highest BCUT2D eigenvalue weighted by Gasteiger charge is 2.22. The molecule has 1 aromatic carbocycles. The molecule has 0 atom stereocenters. The maximum atomic E-state index is 5.81. The van der Waals surface area contributed by atoms with Crippen LogP contribution in [0.5, 0.6) is 5.75 Å². The maximum absolute atomic E-state index is 5.81. The smallest absolute Gasteiger partial charge is 0.123 e. The molecule has 0 aromatic heterocycles. The molecule has 3 heteroatoms. The molecule has 0 radical (unpaired) electrons. The van der Waals surface area contributed by atoms with Gasteiger partial charge in [0, 0.05) is 24.2 Å². The number of likely N-dealkylation sites (N-methyl/N-ethyl adjacent to an activating group) is 1. The Bertz CT molecular complexity index is 413. The number of hydrogen-bond donors (Lipinski definition) is 1. The van der Waals surface area contributed by atoms with E-state index in [1.165, 1.54) is 16.7 Å². The Morgan fingerprint density at radius 1 is 1.22 bits per heavy atom. The standard InChI is InChI=1S/C15H26N2O/c1-11-7-13(14(18-6)8-12(11)2)9-17(5)15(3,4)10-16/h7-8H,9-10,16H2,1-6H3. The molecule has 0 spiro atoms. The van der Waals surface area contributed by atoms with Gasteiger partial charge in [0.25, 0.3) is 0 Å². The fourth-order valence-electron chi connectivity index (χ4n) is 1.79. The van der Waals surface area contributed by atoms with Crippen LogP contribution in [0.15, 0.2) is 12.1 Å². The average molecular weight is 250 g/mol. The number of hydrogen-bond acceptors (Lipinski definition) is 3. The molecule has 0 fully saturated rings. The summed E-state index contributed by atoms with van der Waals surface area (Å²) in [5, 5.41) is 0. The zero-order valence-electron chi connectivity index (χ0n) is 12.5. The fourth-order valence-corrected chi connectivity index (χ4v) is 1.79. The first-order chi connectivity index (χ1) is 8.31. The summed E-state index contributed by atoms with van der Waals surface area (Å²) in [7, 11) is 3.82. The van der Waals surface area contributed by atoms with Gasteiger partial charge < -0.3 is 10.5 Å². The topological polar surface area (TPSA) is 38.5 Å². The summed E-state index contributed by atoms with van der Waals surface area (Å²) in [5.41, 5.74) is 9.57. The van der Waals surface area contributed by atoms with Gasteiger partial charge in [0.2, 0.25) is 0 Å². The lowest BCUT2D eigenvalue weighted by molar-refractivity contribution is 0.154. The Labute approximate surface area is 111 Å². The van der Waals surface area contributed by atoms with E-state index in [0.717, 1.165) is 12.3 Å². The lowest BCUT2D eigenvalue weighted by atomic mass is 10.0. The quantitative estimate of drug-likeness (QED) is 0.872. The molecule has 1 aromatic rings. The van der Waals surface area contributed by atoms with Crippen LogP contribution < -0.4 is 10.5 Å². The van der Waals surface area contributed by atoms with Crippen molar-refractivity contribution in [3.63, 3.8) is 0 Å². The van der Waals surface area contributed by atoms with Crippen molar-refractivity contribution < 1.29 is 4.74 Å². The Morgan fingerprint density at radius 3 is 2.28 bits per heavy atom. The second-order valence-electron chi connectivity index (χ2n) is 5.62. The summed E-state index contributed by atoms with van der Waals surface area (Å²) in [6, 6.07) is 4.31. The molecule has 0 heterocycles. The van der Waals surface area contributed by atoms with Gasteiger partial charge in [0.15, 0.2) is 0 Å². The van der Waals surface area contributed by atoms with E-state index in [1.807, 2.05) is 0 Å². The zero-order chi connectivity index (χ0) is 13.9. The lowest BCUT2D eigenvalue weighted by Crippen LogP contribution is -2.46. The molecule has 0 saturated carbocycles. The van der Waals surface area contributed by atoms with E-state index < -0.39 is 0 Å². The van der Waals surface area contributed by atoms with Crippen LogP contribution in [-0.2, 0) is 6.54 Å². The minimum Gasteiger partial charge on any atom is -0.496 e. The van der Waals surface area contributed by atoms with E-state index in [1.54, 1.807) is 7.11 Å². The average Bonchev–Trinajstić information content (AvgIpc) is 2.33. The van der Waals surface area contributed by atoms with Crippen LogP contribution >= 0.6 is 0 Å². The van der Waals surface area contributed by atoms with E-state index in [9.17, 15) is 0 Å². The summed E-state index contributed by atoms with van der Waals surface area (Å²) in [6.07, 6.45) is 0. The van der Waals surface area contributed by atoms with Gasteiger partial charge in [-0.05, 0) is 51.9 Å². The maximum Gasteiger partial charge on any atom is 0.123 e. The second kappa shape index (κ2) is 5.72. The van der Waals surface area contributed by atoms with Gasteiger partial charge in [-0.25, -0.2) is 0 Å². The summed E-state index contributed by atoms with van der Waals surface area (Å²) >= 11 is 0. The first-order valence-electron chi connectivity index (χ1n) is 6.37. The minimum atomic E-state index is -0.0101. The van der Waals surface area contributed by atoms with Crippen molar-refractivity contribution >= 4 is 0 Å². The van der Waals surface area contributed by atoms with Gasteiger partial charge >= 0.3 is 0 Å².